The summed E-state index contributed by atoms with van der Waals surface area (Å²) < 4.78 is 18.3. The largest absolute Gasteiger partial charge is 0.493 e. The number of rotatable bonds is 10. The molecule has 2 aliphatic rings. The third-order valence-corrected chi connectivity index (χ3v) is 7.98. The van der Waals surface area contributed by atoms with Gasteiger partial charge in [-0.1, -0.05) is 66.7 Å². The van der Waals surface area contributed by atoms with E-state index in [4.69, 9.17) is 14.2 Å². The van der Waals surface area contributed by atoms with Gasteiger partial charge < -0.3 is 29.3 Å². The Morgan fingerprint density at radius 3 is 2.29 bits per heavy atom. The number of benzene rings is 3. The molecule has 1 saturated carbocycles. The fourth-order valence-corrected chi connectivity index (χ4v) is 5.80. The number of carbonyl (C=O) groups excluding carboxylic acids is 1. The van der Waals surface area contributed by atoms with E-state index in [-0.39, 0.29) is 31.1 Å². The summed E-state index contributed by atoms with van der Waals surface area (Å²) in [5.41, 5.74) is 3.47. The molecule has 8 heteroatoms. The second-order valence-corrected chi connectivity index (χ2v) is 10.8. The molecule has 0 radical (unpaired) electrons. The second kappa shape index (κ2) is 13.2. The first-order valence-corrected chi connectivity index (χ1v) is 14.2. The zero-order valence-electron chi connectivity index (χ0n) is 23.3. The minimum Gasteiger partial charge on any atom is -0.493 e. The second-order valence-electron chi connectivity index (χ2n) is 10.8. The number of hydrogen-bond donors (Lipinski definition) is 2. The number of aliphatic hydroxyl groups excluding tert-OH is 1. The van der Waals surface area contributed by atoms with Gasteiger partial charge in [0, 0.05) is 18.2 Å². The Kier molecular flexibility index (Phi) is 9.21. The van der Waals surface area contributed by atoms with Crippen LogP contribution >= 0.6 is 0 Å². The van der Waals surface area contributed by atoms with Crippen molar-refractivity contribution < 1.29 is 34.0 Å². The zero-order valence-corrected chi connectivity index (χ0v) is 23.3. The lowest BCUT2D eigenvalue weighted by Crippen LogP contribution is -2.48. The van der Waals surface area contributed by atoms with Crippen LogP contribution in [0.5, 0.6) is 11.5 Å². The molecule has 0 bridgehead atoms. The average molecular weight is 560 g/mol. The minimum atomic E-state index is -0.982. The number of ether oxygens (including phenoxy) is 3. The van der Waals surface area contributed by atoms with Gasteiger partial charge in [-0.25, -0.2) is 0 Å². The Hall–Kier alpha value is -3.88. The molecule has 216 valence electrons. The van der Waals surface area contributed by atoms with E-state index >= 15 is 0 Å². The van der Waals surface area contributed by atoms with Gasteiger partial charge in [0.2, 0.25) is 0 Å². The standard InChI is InChI=1S/C33H37NO7/c1-39-29-17-12-24-20-34(25(19-30(36)37)18-28(24)32(29)40-21-22-8-4-2-5-9-22)33(38)31(23-10-6-3-7-11-23)41-27-15-13-26(35)14-16-27/h2-12,17,25-27,31,35H,13-16,18-21H2,1H3,(H,36,37)/t25-,26?,27?,31?/m1/s1. The molecule has 3 aromatic rings. The Labute approximate surface area is 240 Å². The van der Waals surface area contributed by atoms with Crippen LogP contribution in [0, 0.1) is 0 Å². The predicted molar refractivity (Wildman–Crippen MR) is 153 cm³/mol. The highest BCUT2D eigenvalue weighted by Gasteiger charge is 2.39. The molecule has 1 unspecified atom stereocenters. The monoisotopic (exact) mass is 559 g/mol. The number of fused-ring (bicyclic) bond motifs is 1. The van der Waals surface area contributed by atoms with Crippen molar-refractivity contribution in [3.05, 3.63) is 95.1 Å². The molecule has 2 atom stereocenters. The quantitative estimate of drug-likeness (QED) is 0.358. The molecule has 41 heavy (non-hydrogen) atoms. The van der Waals surface area contributed by atoms with Gasteiger partial charge in [0.05, 0.1) is 25.7 Å². The SMILES string of the molecule is COc1ccc2c(c1OCc1ccccc1)C[C@H](CC(=O)O)N(C(=O)C(OC1CCC(O)CC1)c1ccccc1)C2. The molecule has 3 aromatic carbocycles. The summed E-state index contributed by atoms with van der Waals surface area (Å²) in [5, 5.41) is 19.8. The normalized spacial score (nSPS) is 21.0. The van der Waals surface area contributed by atoms with Crippen LogP contribution in [0.2, 0.25) is 0 Å². The lowest BCUT2D eigenvalue weighted by atomic mass is 9.90. The van der Waals surface area contributed by atoms with Crippen molar-refractivity contribution in [2.75, 3.05) is 7.11 Å². The molecule has 0 saturated heterocycles. The van der Waals surface area contributed by atoms with E-state index in [1.165, 1.54) is 0 Å². The van der Waals surface area contributed by atoms with Crippen molar-refractivity contribution in [1.82, 2.24) is 4.90 Å². The van der Waals surface area contributed by atoms with Crippen molar-refractivity contribution >= 4 is 11.9 Å². The third-order valence-electron chi connectivity index (χ3n) is 7.98. The lowest BCUT2D eigenvalue weighted by Gasteiger charge is -2.40. The van der Waals surface area contributed by atoms with Crippen molar-refractivity contribution in [2.45, 2.75) is 76.0 Å². The molecule has 1 amide bonds. The fourth-order valence-electron chi connectivity index (χ4n) is 5.80. The summed E-state index contributed by atoms with van der Waals surface area (Å²) in [6.45, 7) is 0.563. The van der Waals surface area contributed by atoms with Gasteiger partial charge in [-0.2, -0.15) is 0 Å². The van der Waals surface area contributed by atoms with E-state index < -0.39 is 18.1 Å². The van der Waals surface area contributed by atoms with Gasteiger partial charge in [-0.3, -0.25) is 9.59 Å². The number of nitrogens with zero attached hydrogens (tertiary/aromatic N) is 1. The number of carboxylic acids is 1. The maximum atomic E-state index is 14.3. The number of hydrogen-bond acceptors (Lipinski definition) is 6. The van der Waals surface area contributed by atoms with E-state index in [1.54, 1.807) is 12.0 Å². The molecule has 1 fully saturated rings. The summed E-state index contributed by atoms with van der Waals surface area (Å²) in [5.74, 6) is -0.0994. The first-order valence-electron chi connectivity index (χ1n) is 14.2. The zero-order chi connectivity index (χ0) is 28.8. The summed E-state index contributed by atoms with van der Waals surface area (Å²) in [4.78, 5) is 27.9. The summed E-state index contributed by atoms with van der Waals surface area (Å²) in [7, 11) is 1.58. The molecule has 0 spiro atoms. The molecular formula is C33H37NO7. The Bertz CT molecular complexity index is 1320. The fraction of sp³-hybridized carbons (Fsp3) is 0.394. The number of carbonyl (C=O) groups is 2. The van der Waals surface area contributed by atoms with Gasteiger partial charge in [0.1, 0.15) is 6.61 Å². The maximum absolute atomic E-state index is 14.3. The van der Waals surface area contributed by atoms with Gasteiger partial charge >= 0.3 is 5.97 Å². The summed E-state index contributed by atoms with van der Waals surface area (Å²) >= 11 is 0. The van der Waals surface area contributed by atoms with Crippen LogP contribution < -0.4 is 9.47 Å². The van der Waals surface area contributed by atoms with Crippen LogP contribution in [0.4, 0.5) is 0 Å². The van der Waals surface area contributed by atoms with Crippen LogP contribution in [-0.4, -0.2) is 52.3 Å². The van der Waals surface area contributed by atoms with Crippen molar-refractivity contribution in [2.24, 2.45) is 0 Å². The first-order chi connectivity index (χ1) is 19.9. The third kappa shape index (κ3) is 6.89. The van der Waals surface area contributed by atoms with Crippen molar-refractivity contribution in [3.63, 3.8) is 0 Å². The number of amides is 1. The molecule has 0 aromatic heterocycles. The topological polar surface area (TPSA) is 106 Å². The van der Waals surface area contributed by atoms with Crippen LogP contribution in [0.15, 0.2) is 72.8 Å². The molecule has 1 heterocycles. The van der Waals surface area contributed by atoms with Crippen LogP contribution in [0.25, 0.3) is 0 Å². The van der Waals surface area contributed by atoms with Crippen molar-refractivity contribution in [3.8, 4) is 11.5 Å². The van der Waals surface area contributed by atoms with E-state index in [0.717, 1.165) is 22.3 Å². The Balaban J connectivity index is 1.45. The Morgan fingerprint density at radius 2 is 1.63 bits per heavy atom. The molecule has 2 N–H and O–H groups in total. The number of carboxylic acid groups (broad SMARTS) is 1. The summed E-state index contributed by atoms with van der Waals surface area (Å²) in [6.07, 6.45) is 1.33. The summed E-state index contributed by atoms with van der Waals surface area (Å²) in [6, 6.07) is 22.3. The predicted octanol–water partition coefficient (Wildman–Crippen LogP) is 5.06. The van der Waals surface area contributed by atoms with E-state index in [9.17, 15) is 19.8 Å². The molecular weight excluding hydrogens is 522 g/mol. The highest BCUT2D eigenvalue weighted by molar-refractivity contribution is 5.84. The van der Waals surface area contributed by atoms with E-state index in [2.05, 4.69) is 0 Å². The average Bonchev–Trinajstić information content (AvgIpc) is 2.99. The number of aliphatic hydroxyl groups is 1. The van der Waals surface area contributed by atoms with E-state index in [1.807, 2.05) is 72.8 Å². The van der Waals surface area contributed by atoms with E-state index in [0.29, 0.717) is 50.2 Å². The molecule has 5 rings (SSSR count). The highest BCUT2D eigenvalue weighted by Crippen LogP contribution is 2.40. The van der Waals surface area contributed by atoms with Gasteiger partial charge in [-0.05, 0) is 54.9 Å². The first kappa shape index (κ1) is 28.6. The lowest BCUT2D eigenvalue weighted by molar-refractivity contribution is -0.155. The number of aliphatic carboxylic acids is 1. The van der Waals surface area contributed by atoms with Crippen LogP contribution in [0.3, 0.4) is 0 Å². The van der Waals surface area contributed by atoms with Gasteiger partial charge in [-0.15, -0.1) is 0 Å². The van der Waals surface area contributed by atoms with Gasteiger partial charge in [0.15, 0.2) is 17.6 Å². The molecule has 1 aliphatic carbocycles. The molecule has 8 nitrogen and oxygen atoms in total. The van der Waals surface area contributed by atoms with Crippen molar-refractivity contribution in [1.29, 1.82) is 0 Å². The number of methoxy groups -OCH3 is 1. The smallest absolute Gasteiger partial charge is 0.305 e. The molecule has 1 aliphatic heterocycles. The maximum Gasteiger partial charge on any atom is 0.305 e. The minimum absolute atomic E-state index is 0.162. The highest BCUT2D eigenvalue weighted by atomic mass is 16.5. The van der Waals surface area contributed by atoms with Crippen LogP contribution in [0.1, 0.15) is 60.5 Å². The Morgan fingerprint density at radius 1 is 0.951 bits per heavy atom. The van der Waals surface area contributed by atoms with Gasteiger partial charge in [0.25, 0.3) is 5.91 Å². The van der Waals surface area contributed by atoms with Crippen LogP contribution in [-0.2, 0) is 33.9 Å².